The number of anilines is 2. The minimum Gasteiger partial charge on any atom is -0.394 e. The molecule has 4 N–H and O–H groups in total. The second-order valence-electron chi connectivity index (χ2n) is 2.48. The molecule has 0 heterocycles. The van der Waals surface area contributed by atoms with Gasteiger partial charge in [-0.15, -0.1) is 0 Å². The summed E-state index contributed by atoms with van der Waals surface area (Å²) >= 11 is 0. The van der Waals surface area contributed by atoms with Crippen molar-refractivity contribution in [3.05, 3.63) is 32.6 Å². The topological polar surface area (TPSA) is 92.4 Å². The van der Waals surface area contributed by atoms with E-state index < -0.39 is 10.9 Å². The van der Waals surface area contributed by atoms with Crippen molar-refractivity contribution in [3.63, 3.8) is 0 Å². The van der Waals surface area contributed by atoms with Crippen LogP contribution in [-0.2, 0) is 0 Å². The Hall–Kier alpha value is -1.62. The highest BCUT2D eigenvalue weighted by atomic mass is 16.2. The first-order valence-electron chi connectivity index (χ1n) is 3.77. The first kappa shape index (κ1) is 9.47. The van der Waals surface area contributed by atoms with Gasteiger partial charge in [0, 0.05) is 6.54 Å². The first-order valence-corrected chi connectivity index (χ1v) is 3.77. The van der Waals surface area contributed by atoms with Gasteiger partial charge in [-0.25, -0.2) is 0 Å². The second-order valence-corrected chi connectivity index (χ2v) is 2.48. The van der Waals surface area contributed by atoms with Crippen molar-refractivity contribution in [1.82, 2.24) is 0 Å². The van der Waals surface area contributed by atoms with Gasteiger partial charge in [-0.1, -0.05) is 12.2 Å². The Balaban J connectivity index is 2.53. The van der Waals surface area contributed by atoms with Crippen LogP contribution in [0.2, 0.25) is 0 Å². The Morgan fingerprint density at radius 2 is 2.00 bits per heavy atom. The van der Waals surface area contributed by atoms with Crippen molar-refractivity contribution in [2.75, 3.05) is 24.2 Å². The molecular weight excluding hydrogens is 172 g/mol. The van der Waals surface area contributed by atoms with Gasteiger partial charge in [-0.2, -0.15) is 0 Å². The quantitative estimate of drug-likeness (QED) is 0.403. The van der Waals surface area contributed by atoms with E-state index in [1.807, 2.05) is 0 Å². The summed E-state index contributed by atoms with van der Waals surface area (Å²) < 4.78 is 0. The van der Waals surface area contributed by atoms with Crippen LogP contribution >= 0.6 is 0 Å². The Kier molecular flexibility index (Phi) is 2.81. The van der Waals surface area contributed by atoms with Crippen LogP contribution in [0.15, 0.2) is 21.7 Å². The highest BCUT2D eigenvalue weighted by Crippen LogP contribution is 2.07. The van der Waals surface area contributed by atoms with Crippen molar-refractivity contribution in [2.45, 2.75) is 0 Å². The third-order valence-corrected chi connectivity index (χ3v) is 1.62. The van der Waals surface area contributed by atoms with Gasteiger partial charge >= 0.3 is 0 Å². The summed E-state index contributed by atoms with van der Waals surface area (Å²) in [6, 6.07) is 0. The molecule has 1 aromatic rings. The number of nitrogens with two attached hydrogens (primary N) is 1. The molecule has 0 atom stereocenters. The maximum absolute atomic E-state index is 10.8. The van der Waals surface area contributed by atoms with Crippen molar-refractivity contribution in [3.8, 4) is 0 Å². The summed E-state index contributed by atoms with van der Waals surface area (Å²) in [6.45, 7) is 0.318. The number of nitrogen functional groups attached to an aromatic ring is 1. The van der Waals surface area contributed by atoms with Crippen LogP contribution in [0.25, 0.3) is 0 Å². The minimum atomic E-state index is -0.631. The van der Waals surface area contributed by atoms with Crippen molar-refractivity contribution >= 4 is 11.4 Å². The molecule has 0 unspecified atom stereocenters. The standard InChI is InChI=1S/C8H10N2O3/c9-5-6(8(13)7(5)12)10-3-1-2-4-11/h1-2,10-11H,3-4,9H2/b2-1+. The SMILES string of the molecule is Nc1c(NC/C=C/CO)c(=O)c1=O. The van der Waals surface area contributed by atoms with Gasteiger partial charge in [0.05, 0.1) is 6.61 Å². The van der Waals surface area contributed by atoms with Gasteiger partial charge in [0.25, 0.3) is 10.9 Å². The van der Waals surface area contributed by atoms with Crippen LogP contribution in [0, 0.1) is 0 Å². The normalized spacial score (nSPS) is 11.2. The lowest BCUT2D eigenvalue weighted by atomic mass is 10.2. The van der Waals surface area contributed by atoms with Crippen LogP contribution in [0.4, 0.5) is 11.4 Å². The lowest BCUT2D eigenvalue weighted by Gasteiger charge is -2.06. The lowest BCUT2D eigenvalue weighted by Crippen LogP contribution is -2.37. The largest absolute Gasteiger partial charge is 0.394 e. The van der Waals surface area contributed by atoms with Crippen molar-refractivity contribution in [2.24, 2.45) is 0 Å². The third kappa shape index (κ3) is 1.75. The number of nitrogens with one attached hydrogen (secondary N) is 1. The monoisotopic (exact) mass is 182 g/mol. The van der Waals surface area contributed by atoms with E-state index in [1.54, 1.807) is 6.08 Å². The summed E-state index contributed by atoms with van der Waals surface area (Å²) in [5.41, 5.74) is 4.20. The average molecular weight is 182 g/mol. The number of aliphatic hydroxyl groups excluding tert-OH is 1. The van der Waals surface area contributed by atoms with Crippen molar-refractivity contribution < 1.29 is 5.11 Å². The lowest BCUT2D eigenvalue weighted by molar-refractivity contribution is 0.342. The van der Waals surface area contributed by atoms with Gasteiger partial charge in [0.15, 0.2) is 0 Å². The first-order chi connectivity index (χ1) is 6.18. The number of rotatable bonds is 4. The summed E-state index contributed by atoms with van der Waals surface area (Å²) in [7, 11) is 0. The third-order valence-electron chi connectivity index (χ3n) is 1.62. The van der Waals surface area contributed by atoms with Gasteiger partial charge in [-0.3, -0.25) is 9.59 Å². The van der Waals surface area contributed by atoms with E-state index in [0.29, 0.717) is 6.54 Å². The molecule has 1 aromatic carbocycles. The molecule has 0 aliphatic rings. The molecule has 0 amide bonds. The Morgan fingerprint density at radius 1 is 1.31 bits per heavy atom. The van der Waals surface area contributed by atoms with E-state index in [-0.39, 0.29) is 18.0 Å². The maximum atomic E-state index is 10.8. The van der Waals surface area contributed by atoms with E-state index in [0.717, 1.165) is 0 Å². The van der Waals surface area contributed by atoms with E-state index in [1.165, 1.54) is 6.08 Å². The molecule has 0 saturated carbocycles. The fourth-order valence-corrected chi connectivity index (χ4v) is 0.904. The molecule has 0 bridgehead atoms. The molecule has 0 spiro atoms. The predicted molar refractivity (Wildman–Crippen MR) is 50.5 cm³/mol. The van der Waals surface area contributed by atoms with Crippen LogP contribution in [0.3, 0.4) is 0 Å². The van der Waals surface area contributed by atoms with Crippen LogP contribution in [0.1, 0.15) is 0 Å². The molecular formula is C8H10N2O3. The molecule has 5 nitrogen and oxygen atoms in total. The predicted octanol–water partition coefficient (Wildman–Crippen LogP) is -1.17. The van der Waals surface area contributed by atoms with Crippen molar-refractivity contribution in [1.29, 1.82) is 0 Å². The zero-order valence-electron chi connectivity index (χ0n) is 6.91. The fraction of sp³-hybridized carbons (Fsp3) is 0.250. The molecule has 0 fully saturated rings. The highest BCUT2D eigenvalue weighted by Gasteiger charge is 2.16. The number of aliphatic hydroxyl groups is 1. The smallest absolute Gasteiger partial charge is 0.253 e. The summed E-state index contributed by atoms with van der Waals surface area (Å²) in [6.07, 6.45) is 3.16. The highest BCUT2D eigenvalue weighted by molar-refractivity contribution is 5.71. The Morgan fingerprint density at radius 3 is 2.54 bits per heavy atom. The minimum absolute atomic E-state index is 0.0117. The second kappa shape index (κ2) is 3.86. The Labute approximate surface area is 74.2 Å². The van der Waals surface area contributed by atoms with Gasteiger partial charge in [0.2, 0.25) is 0 Å². The zero-order chi connectivity index (χ0) is 9.84. The van der Waals surface area contributed by atoms with Gasteiger partial charge in [-0.05, 0) is 0 Å². The molecule has 1 rings (SSSR count). The summed E-state index contributed by atoms with van der Waals surface area (Å²) in [5, 5.41) is 11.0. The van der Waals surface area contributed by atoms with E-state index in [4.69, 9.17) is 10.8 Å². The molecule has 0 radical (unpaired) electrons. The summed E-state index contributed by atoms with van der Waals surface area (Å²) in [4.78, 5) is 21.4. The van der Waals surface area contributed by atoms with E-state index in [2.05, 4.69) is 5.32 Å². The van der Waals surface area contributed by atoms with Gasteiger partial charge in [0.1, 0.15) is 11.4 Å². The van der Waals surface area contributed by atoms with Crippen LogP contribution < -0.4 is 21.9 Å². The number of hydrogen-bond donors (Lipinski definition) is 3. The molecule has 70 valence electrons. The molecule has 0 aliphatic heterocycles. The van der Waals surface area contributed by atoms with E-state index in [9.17, 15) is 9.59 Å². The average Bonchev–Trinajstić information content (AvgIpc) is 2.16. The zero-order valence-corrected chi connectivity index (χ0v) is 6.91. The molecule has 5 heteroatoms. The van der Waals surface area contributed by atoms with Gasteiger partial charge < -0.3 is 16.2 Å². The van der Waals surface area contributed by atoms with E-state index >= 15 is 0 Å². The number of hydrogen-bond acceptors (Lipinski definition) is 5. The molecule has 13 heavy (non-hydrogen) atoms. The molecule has 0 saturated heterocycles. The fourth-order valence-electron chi connectivity index (χ4n) is 0.904. The molecule has 0 aromatic heterocycles. The Bertz CT molecular complexity index is 388. The van der Waals surface area contributed by atoms with Crippen LogP contribution in [0.5, 0.6) is 0 Å². The molecule has 0 aliphatic carbocycles. The van der Waals surface area contributed by atoms with Crippen LogP contribution in [-0.4, -0.2) is 18.3 Å². The maximum Gasteiger partial charge on any atom is 0.253 e. The summed E-state index contributed by atoms with van der Waals surface area (Å²) in [5.74, 6) is 0.